The molecule has 8 heteroatoms. The van der Waals surface area contributed by atoms with E-state index < -0.39 is 21.3 Å². The van der Waals surface area contributed by atoms with Gasteiger partial charge < -0.3 is 4.98 Å². The summed E-state index contributed by atoms with van der Waals surface area (Å²) in [4.78, 5) is 27.5. The van der Waals surface area contributed by atoms with E-state index in [1.807, 2.05) is 6.92 Å². The van der Waals surface area contributed by atoms with E-state index >= 15 is 0 Å². The number of sulfonamides is 1. The highest BCUT2D eigenvalue weighted by atomic mass is 32.2. The topological polar surface area (TPSA) is 103 Å². The van der Waals surface area contributed by atoms with Gasteiger partial charge in [-0.2, -0.15) is 0 Å². The van der Waals surface area contributed by atoms with Gasteiger partial charge in [0.25, 0.3) is 5.56 Å². The minimum Gasteiger partial charge on any atom is -0.307 e. The molecule has 2 aromatic rings. The van der Waals surface area contributed by atoms with Crippen LogP contribution in [-0.4, -0.2) is 36.3 Å². The molecule has 7 nitrogen and oxygen atoms in total. The molecule has 0 bridgehead atoms. The van der Waals surface area contributed by atoms with Crippen LogP contribution in [0.4, 0.5) is 0 Å². The maximum atomic E-state index is 12.4. The lowest BCUT2D eigenvalue weighted by atomic mass is 10.2. The van der Waals surface area contributed by atoms with Gasteiger partial charge in [0.1, 0.15) is 0 Å². The van der Waals surface area contributed by atoms with E-state index in [0.29, 0.717) is 12.1 Å². The number of nitrogens with one attached hydrogen (secondary N) is 2. The molecule has 1 aromatic carbocycles. The van der Waals surface area contributed by atoms with Crippen LogP contribution in [0.25, 0.3) is 10.9 Å². The first-order valence-electron chi connectivity index (χ1n) is 6.59. The summed E-state index contributed by atoms with van der Waals surface area (Å²) in [7, 11) is -2.13. The lowest BCUT2D eigenvalue weighted by Crippen LogP contribution is -2.28. The number of benzene rings is 1. The lowest BCUT2D eigenvalue weighted by molar-refractivity contribution is 0.459. The van der Waals surface area contributed by atoms with E-state index in [9.17, 15) is 18.0 Å². The van der Waals surface area contributed by atoms with Gasteiger partial charge in [0.05, 0.1) is 15.8 Å². The predicted octanol–water partition coefficient (Wildman–Crippen LogP) is 0.637. The molecule has 0 unspecified atom stereocenters. The van der Waals surface area contributed by atoms with Crippen molar-refractivity contribution in [3.8, 4) is 0 Å². The molecule has 0 saturated heterocycles. The second-order valence-electron chi connectivity index (χ2n) is 4.80. The Kier molecular flexibility index (Phi) is 4.29. The molecule has 1 heterocycles. The number of aromatic amines is 2. The third-order valence-corrected chi connectivity index (χ3v) is 5.10. The number of unbranched alkanes of at least 4 members (excludes halogenated alkanes) is 1. The molecule has 0 fully saturated rings. The first-order chi connectivity index (χ1) is 9.86. The van der Waals surface area contributed by atoms with Crippen molar-refractivity contribution >= 4 is 20.9 Å². The monoisotopic (exact) mass is 311 g/mol. The third-order valence-electron chi connectivity index (χ3n) is 3.25. The summed E-state index contributed by atoms with van der Waals surface area (Å²) < 4.78 is 26.1. The van der Waals surface area contributed by atoms with E-state index in [4.69, 9.17) is 0 Å². The van der Waals surface area contributed by atoms with Gasteiger partial charge >= 0.3 is 5.69 Å². The molecule has 0 aliphatic rings. The summed E-state index contributed by atoms with van der Waals surface area (Å²) >= 11 is 0. The van der Waals surface area contributed by atoms with Gasteiger partial charge in [-0.15, -0.1) is 0 Å². The molecule has 2 rings (SSSR count). The van der Waals surface area contributed by atoms with Gasteiger partial charge in [0, 0.05) is 13.6 Å². The molecule has 0 radical (unpaired) electrons. The van der Waals surface area contributed by atoms with Gasteiger partial charge in [-0.05, 0) is 24.6 Å². The average Bonchev–Trinajstić information content (AvgIpc) is 2.44. The van der Waals surface area contributed by atoms with Crippen LogP contribution in [0.1, 0.15) is 19.8 Å². The van der Waals surface area contributed by atoms with Gasteiger partial charge in [-0.25, -0.2) is 17.5 Å². The zero-order chi connectivity index (χ0) is 15.6. The number of nitrogens with zero attached hydrogens (tertiary/aromatic N) is 1. The summed E-state index contributed by atoms with van der Waals surface area (Å²) in [6.07, 6.45) is 1.65. The summed E-state index contributed by atoms with van der Waals surface area (Å²) in [6, 6.07) is 4.09. The second kappa shape index (κ2) is 5.82. The van der Waals surface area contributed by atoms with Crippen LogP contribution in [-0.2, 0) is 10.0 Å². The van der Waals surface area contributed by atoms with E-state index in [-0.39, 0.29) is 10.3 Å². The average molecular weight is 311 g/mol. The molecule has 1 aromatic heterocycles. The first-order valence-corrected chi connectivity index (χ1v) is 8.03. The van der Waals surface area contributed by atoms with Crippen LogP contribution in [0.15, 0.2) is 32.7 Å². The van der Waals surface area contributed by atoms with Crippen LogP contribution < -0.4 is 11.2 Å². The Morgan fingerprint density at radius 1 is 1.19 bits per heavy atom. The number of hydrogen-bond acceptors (Lipinski definition) is 4. The molecular formula is C13H17N3O4S. The molecule has 0 amide bonds. The highest BCUT2D eigenvalue weighted by molar-refractivity contribution is 7.89. The summed E-state index contributed by atoms with van der Waals surface area (Å²) in [5, 5.41) is 0.138. The minimum absolute atomic E-state index is 0.0335. The Balaban J connectivity index is 2.52. The zero-order valence-corrected chi connectivity index (χ0v) is 12.7. The SMILES string of the molecule is CCCCN(C)S(=O)(=O)c1ccc2[nH]c(=O)[nH]c(=O)c2c1. The normalized spacial score (nSPS) is 12.1. The maximum absolute atomic E-state index is 12.4. The molecule has 0 spiro atoms. The van der Waals surface area contributed by atoms with Crippen molar-refractivity contribution in [3.63, 3.8) is 0 Å². The largest absolute Gasteiger partial charge is 0.326 e. The zero-order valence-electron chi connectivity index (χ0n) is 11.8. The number of aromatic nitrogens is 2. The fraction of sp³-hybridized carbons (Fsp3) is 0.385. The number of H-pyrrole nitrogens is 2. The summed E-state index contributed by atoms with van der Waals surface area (Å²) in [5.41, 5.74) is -0.927. The molecule has 2 N–H and O–H groups in total. The van der Waals surface area contributed by atoms with Crippen LogP contribution in [0, 0.1) is 0 Å². The van der Waals surface area contributed by atoms with Crippen molar-refractivity contribution in [2.24, 2.45) is 0 Å². The fourth-order valence-electron chi connectivity index (χ4n) is 1.99. The first kappa shape index (κ1) is 15.5. The Labute approximate surface area is 121 Å². The summed E-state index contributed by atoms with van der Waals surface area (Å²) in [5.74, 6) is 0. The van der Waals surface area contributed by atoms with Crippen molar-refractivity contribution < 1.29 is 8.42 Å². The minimum atomic E-state index is -3.64. The number of hydrogen-bond donors (Lipinski definition) is 2. The molecule has 0 aliphatic heterocycles. The van der Waals surface area contributed by atoms with Crippen LogP contribution in [0.2, 0.25) is 0 Å². The molecular weight excluding hydrogens is 294 g/mol. The Morgan fingerprint density at radius 2 is 1.90 bits per heavy atom. The second-order valence-corrected chi connectivity index (χ2v) is 6.84. The van der Waals surface area contributed by atoms with Crippen molar-refractivity contribution in [2.75, 3.05) is 13.6 Å². The number of rotatable bonds is 5. The maximum Gasteiger partial charge on any atom is 0.326 e. The van der Waals surface area contributed by atoms with Crippen LogP contribution in [0.5, 0.6) is 0 Å². The Morgan fingerprint density at radius 3 is 2.57 bits per heavy atom. The highest BCUT2D eigenvalue weighted by Crippen LogP contribution is 2.18. The van der Waals surface area contributed by atoms with E-state index in [0.717, 1.165) is 12.8 Å². The van der Waals surface area contributed by atoms with Crippen LogP contribution in [0.3, 0.4) is 0 Å². The van der Waals surface area contributed by atoms with Crippen molar-refractivity contribution in [3.05, 3.63) is 39.0 Å². The fourth-order valence-corrected chi connectivity index (χ4v) is 3.22. The summed E-state index contributed by atoms with van der Waals surface area (Å²) in [6.45, 7) is 2.39. The van der Waals surface area contributed by atoms with Crippen molar-refractivity contribution in [1.29, 1.82) is 0 Å². The van der Waals surface area contributed by atoms with Gasteiger partial charge in [0.2, 0.25) is 10.0 Å². The van der Waals surface area contributed by atoms with Gasteiger partial charge in [0.15, 0.2) is 0 Å². The molecule has 21 heavy (non-hydrogen) atoms. The van der Waals surface area contributed by atoms with Crippen molar-refractivity contribution in [1.82, 2.24) is 14.3 Å². The van der Waals surface area contributed by atoms with Crippen molar-refractivity contribution in [2.45, 2.75) is 24.7 Å². The Hall–Kier alpha value is -1.93. The lowest BCUT2D eigenvalue weighted by Gasteiger charge is -2.16. The third kappa shape index (κ3) is 3.06. The van der Waals surface area contributed by atoms with Gasteiger partial charge in [-0.1, -0.05) is 13.3 Å². The molecule has 114 valence electrons. The highest BCUT2D eigenvalue weighted by Gasteiger charge is 2.21. The quantitative estimate of drug-likeness (QED) is 0.845. The number of fused-ring (bicyclic) bond motifs is 1. The van der Waals surface area contributed by atoms with Crippen LogP contribution >= 0.6 is 0 Å². The Bertz CT molecular complexity index is 867. The molecule has 0 aliphatic carbocycles. The smallest absolute Gasteiger partial charge is 0.307 e. The van der Waals surface area contributed by atoms with E-state index in [1.54, 1.807) is 0 Å². The molecule has 0 saturated carbocycles. The van der Waals surface area contributed by atoms with E-state index in [1.165, 1.54) is 29.6 Å². The van der Waals surface area contributed by atoms with E-state index in [2.05, 4.69) is 9.97 Å². The predicted molar refractivity (Wildman–Crippen MR) is 79.9 cm³/mol. The molecule has 0 atom stereocenters. The standard InChI is InChI=1S/C13H17N3O4S/c1-3-4-7-16(2)21(19,20)9-5-6-11-10(8-9)12(17)15-13(18)14-11/h5-6,8H,3-4,7H2,1-2H3,(H2,14,15,17,18). The van der Waals surface area contributed by atoms with Gasteiger partial charge in [-0.3, -0.25) is 9.78 Å².